The molecule has 0 spiro atoms. The summed E-state index contributed by atoms with van der Waals surface area (Å²) in [5, 5.41) is 15.0. The molecule has 0 amide bonds. The molecule has 2 atom stereocenters. The minimum Gasteiger partial charge on any atom is -0.359 e. The van der Waals surface area contributed by atoms with E-state index in [1.54, 1.807) is 0 Å². The van der Waals surface area contributed by atoms with Gasteiger partial charge in [0.25, 0.3) is 0 Å². The van der Waals surface area contributed by atoms with Gasteiger partial charge in [-0.2, -0.15) is 0 Å². The number of hydrogen-bond donors (Lipinski definition) is 0. The Morgan fingerprint density at radius 3 is 2.17 bits per heavy atom. The van der Waals surface area contributed by atoms with E-state index in [2.05, 4.69) is 65.2 Å². The zero-order valence-electron chi connectivity index (χ0n) is 13.1. The van der Waals surface area contributed by atoms with Crippen LogP contribution in [0.15, 0.2) is 71.5 Å². The minimum atomic E-state index is 0.327. The summed E-state index contributed by atoms with van der Waals surface area (Å²) in [6, 6.07) is 21.0. The number of nitrogens with zero attached hydrogens (tertiary/aromatic N) is 2. The Labute approximate surface area is 135 Å². The van der Waals surface area contributed by atoms with Crippen LogP contribution in [0.4, 0.5) is 0 Å². The van der Waals surface area contributed by atoms with Gasteiger partial charge in [0.2, 0.25) is 6.20 Å². The van der Waals surface area contributed by atoms with Gasteiger partial charge in [0.05, 0.1) is 0 Å². The van der Waals surface area contributed by atoms with Crippen LogP contribution < -0.4 is 4.90 Å². The lowest BCUT2D eigenvalue weighted by Gasteiger charge is -2.24. The van der Waals surface area contributed by atoms with Crippen LogP contribution in [0.25, 0.3) is 0 Å². The van der Waals surface area contributed by atoms with Crippen molar-refractivity contribution in [3.8, 4) is 0 Å². The van der Waals surface area contributed by atoms with E-state index in [0.29, 0.717) is 28.9 Å². The van der Waals surface area contributed by atoms with E-state index in [1.165, 1.54) is 17.3 Å². The molecule has 118 valence electrons. The average Bonchev–Trinajstić information content (AvgIpc) is 3.02. The van der Waals surface area contributed by atoms with Crippen molar-refractivity contribution >= 4 is 0 Å². The second-order valence-corrected chi connectivity index (χ2v) is 5.82. The molecular formula is C19H20N2O2. The number of aromatic nitrogens is 2. The third-order valence-corrected chi connectivity index (χ3v) is 4.43. The molecule has 1 heterocycles. The van der Waals surface area contributed by atoms with Crippen LogP contribution in [-0.4, -0.2) is 5.16 Å². The Morgan fingerprint density at radius 2 is 1.61 bits per heavy atom. The van der Waals surface area contributed by atoms with Crippen LogP contribution in [0, 0.1) is 5.21 Å². The summed E-state index contributed by atoms with van der Waals surface area (Å²) in [6.07, 6.45) is 3.01. The standard InChI is InChI=1S/C19H20N2O2/c1-15(16-8-4-2-5-9-16)19(17-10-6-3-7-11-17)13-12-18-14-20-23-21(18)22/h2-11,14-15,19H,12-13H2,1H3. The molecule has 0 bridgehead atoms. The molecule has 0 saturated heterocycles. The van der Waals surface area contributed by atoms with Crippen LogP contribution in [0.2, 0.25) is 0 Å². The molecule has 0 fully saturated rings. The lowest BCUT2D eigenvalue weighted by Crippen LogP contribution is -2.28. The molecule has 4 heteroatoms. The third kappa shape index (κ3) is 3.59. The van der Waals surface area contributed by atoms with E-state index in [0.717, 1.165) is 6.42 Å². The predicted octanol–water partition coefficient (Wildman–Crippen LogP) is 3.83. The molecule has 0 radical (unpaired) electrons. The first-order valence-corrected chi connectivity index (χ1v) is 7.89. The monoisotopic (exact) mass is 308 g/mol. The van der Waals surface area contributed by atoms with Crippen molar-refractivity contribution < 1.29 is 9.53 Å². The molecule has 23 heavy (non-hydrogen) atoms. The molecule has 2 unspecified atom stereocenters. The van der Waals surface area contributed by atoms with Crippen LogP contribution in [-0.2, 0) is 6.42 Å². The zero-order valence-corrected chi connectivity index (χ0v) is 13.1. The highest BCUT2D eigenvalue weighted by atomic mass is 16.8. The van der Waals surface area contributed by atoms with Crippen molar-refractivity contribution in [1.29, 1.82) is 0 Å². The van der Waals surface area contributed by atoms with Gasteiger partial charge < -0.3 is 5.21 Å². The molecule has 2 aromatic carbocycles. The SMILES string of the molecule is CC(c1ccccc1)C(CCc1cno[n+]1[O-])c1ccccc1. The summed E-state index contributed by atoms with van der Waals surface area (Å²) < 4.78 is 4.56. The van der Waals surface area contributed by atoms with Gasteiger partial charge in [-0.1, -0.05) is 67.6 Å². The highest BCUT2D eigenvalue weighted by Crippen LogP contribution is 2.35. The maximum absolute atomic E-state index is 11.5. The first kappa shape index (κ1) is 15.3. The highest BCUT2D eigenvalue weighted by molar-refractivity contribution is 5.28. The van der Waals surface area contributed by atoms with Crippen molar-refractivity contribution in [1.82, 2.24) is 5.16 Å². The van der Waals surface area contributed by atoms with Crippen LogP contribution >= 0.6 is 0 Å². The smallest absolute Gasteiger partial charge is 0.208 e. The molecule has 4 nitrogen and oxygen atoms in total. The summed E-state index contributed by atoms with van der Waals surface area (Å²) in [7, 11) is 0. The number of aryl methyl sites for hydroxylation is 1. The zero-order chi connectivity index (χ0) is 16.1. The van der Waals surface area contributed by atoms with Crippen molar-refractivity contribution in [2.45, 2.75) is 31.6 Å². The first-order valence-electron chi connectivity index (χ1n) is 7.89. The number of rotatable bonds is 6. The van der Waals surface area contributed by atoms with Crippen molar-refractivity contribution in [3.63, 3.8) is 0 Å². The summed E-state index contributed by atoms with van der Waals surface area (Å²) in [6.45, 7) is 2.24. The van der Waals surface area contributed by atoms with Gasteiger partial charge in [-0.3, -0.25) is 4.63 Å². The fourth-order valence-electron chi connectivity index (χ4n) is 3.08. The molecule has 1 aromatic heterocycles. The van der Waals surface area contributed by atoms with Gasteiger partial charge >= 0.3 is 0 Å². The van der Waals surface area contributed by atoms with Gasteiger partial charge in [0.15, 0.2) is 5.69 Å². The summed E-state index contributed by atoms with van der Waals surface area (Å²) >= 11 is 0. The van der Waals surface area contributed by atoms with Crippen molar-refractivity contribution in [3.05, 3.63) is 88.9 Å². The van der Waals surface area contributed by atoms with E-state index in [9.17, 15) is 5.21 Å². The van der Waals surface area contributed by atoms with Crippen molar-refractivity contribution in [2.75, 3.05) is 0 Å². The molecule has 0 aliphatic rings. The van der Waals surface area contributed by atoms with Crippen LogP contribution in [0.3, 0.4) is 0 Å². The second kappa shape index (κ2) is 7.09. The molecule has 3 rings (SSSR count). The maximum atomic E-state index is 11.5. The average molecular weight is 308 g/mol. The van der Waals surface area contributed by atoms with E-state index in [4.69, 9.17) is 0 Å². The lowest BCUT2D eigenvalue weighted by molar-refractivity contribution is -0.807. The summed E-state index contributed by atoms with van der Waals surface area (Å²) in [5.41, 5.74) is 3.17. The Hall–Kier alpha value is -2.62. The number of hydrogen-bond acceptors (Lipinski definition) is 3. The molecule has 3 aromatic rings. The van der Waals surface area contributed by atoms with Gasteiger partial charge in [-0.05, 0) is 34.3 Å². The van der Waals surface area contributed by atoms with Gasteiger partial charge in [-0.15, -0.1) is 0 Å². The Morgan fingerprint density at radius 1 is 1.00 bits per heavy atom. The molecular weight excluding hydrogens is 288 g/mol. The largest absolute Gasteiger partial charge is 0.359 e. The van der Waals surface area contributed by atoms with E-state index in [1.807, 2.05) is 12.1 Å². The quantitative estimate of drug-likeness (QED) is 0.650. The predicted molar refractivity (Wildman–Crippen MR) is 87.8 cm³/mol. The van der Waals surface area contributed by atoms with E-state index in [-0.39, 0.29) is 0 Å². The van der Waals surface area contributed by atoms with E-state index < -0.39 is 0 Å². The number of benzene rings is 2. The fraction of sp³-hybridized carbons (Fsp3) is 0.263. The summed E-state index contributed by atoms with van der Waals surface area (Å²) in [5.74, 6) is 0.687. The minimum absolute atomic E-state index is 0.327. The van der Waals surface area contributed by atoms with Gasteiger partial charge in [0, 0.05) is 11.6 Å². The molecule has 0 aliphatic heterocycles. The molecule has 0 saturated carbocycles. The highest BCUT2D eigenvalue weighted by Gasteiger charge is 2.22. The second-order valence-electron chi connectivity index (χ2n) is 5.82. The van der Waals surface area contributed by atoms with Gasteiger partial charge in [0.1, 0.15) is 0 Å². The van der Waals surface area contributed by atoms with Gasteiger partial charge in [-0.25, -0.2) is 0 Å². The maximum Gasteiger partial charge on any atom is 0.208 e. The Kier molecular flexibility index (Phi) is 4.71. The first-order chi connectivity index (χ1) is 11.3. The van der Waals surface area contributed by atoms with Crippen LogP contribution in [0.5, 0.6) is 0 Å². The Balaban J connectivity index is 1.83. The molecule has 0 aliphatic carbocycles. The third-order valence-electron chi connectivity index (χ3n) is 4.43. The topological polar surface area (TPSA) is 53.0 Å². The lowest BCUT2D eigenvalue weighted by atomic mass is 9.80. The molecule has 0 N–H and O–H groups in total. The van der Waals surface area contributed by atoms with Crippen molar-refractivity contribution in [2.24, 2.45) is 0 Å². The van der Waals surface area contributed by atoms with E-state index >= 15 is 0 Å². The fourth-order valence-corrected chi connectivity index (χ4v) is 3.08. The Bertz CT molecular complexity index is 725. The summed E-state index contributed by atoms with van der Waals surface area (Å²) in [4.78, 5) is 0.495. The van der Waals surface area contributed by atoms with Crippen LogP contribution in [0.1, 0.15) is 42.0 Å². The normalized spacial score (nSPS) is 13.6.